The molecule has 1 saturated heterocycles. The van der Waals surface area contributed by atoms with Crippen LogP contribution >= 0.6 is 27.5 Å². The van der Waals surface area contributed by atoms with E-state index in [0.717, 1.165) is 0 Å². The third-order valence-electron chi connectivity index (χ3n) is 3.20. The first kappa shape index (κ1) is 14.3. The van der Waals surface area contributed by atoms with Gasteiger partial charge in [0, 0.05) is 17.6 Å². The number of carboxylic acids is 1. The van der Waals surface area contributed by atoms with Gasteiger partial charge in [-0.25, -0.2) is 0 Å². The van der Waals surface area contributed by atoms with Crippen molar-refractivity contribution in [3.05, 3.63) is 33.3 Å². The van der Waals surface area contributed by atoms with Gasteiger partial charge in [0.2, 0.25) is 0 Å². The van der Waals surface area contributed by atoms with Gasteiger partial charge < -0.3 is 15.7 Å². The number of amides is 1. The van der Waals surface area contributed by atoms with Gasteiger partial charge in [0.25, 0.3) is 5.91 Å². The average Bonchev–Trinajstić information content (AvgIpc) is 2.76. The van der Waals surface area contributed by atoms with E-state index in [0.29, 0.717) is 21.6 Å². The molecule has 5 nitrogen and oxygen atoms in total. The molecule has 0 saturated carbocycles. The third-order valence-corrected chi connectivity index (χ3v) is 4.49. The zero-order valence-electron chi connectivity index (χ0n) is 9.90. The van der Waals surface area contributed by atoms with Gasteiger partial charge in [-0.2, -0.15) is 0 Å². The fourth-order valence-corrected chi connectivity index (χ4v) is 2.59. The second-order valence-electron chi connectivity index (χ2n) is 4.54. The Morgan fingerprint density at radius 3 is 2.74 bits per heavy atom. The number of aliphatic carboxylic acids is 1. The number of carboxylic acid groups (broad SMARTS) is 1. The SMILES string of the molecule is NC1(C(=O)O)CCN(C(=O)c2cccc(Br)c2Cl)C1. The van der Waals surface area contributed by atoms with E-state index in [9.17, 15) is 9.59 Å². The summed E-state index contributed by atoms with van der Waals surface area (Å²) in [5.74, 6) is -1.40. The number of carbonyl (C=O) groups excluding carboxylic acids is 1. The van der Waals surface area contributed by atoms with Crippen molar-refractivity contribution in [2.75, 3.05) is 13.1 Å². The molecule has 2 rings (SSSR count). The van der Waals surface area contributed by atoms with Crippen molar-refractivity contribution in [2.45, 2.75) is 12.0 Å². The molecule has 1 aromatic rings. The zero-order chi connectivity index (χ0) is 14.2. The molecule has 1 atom stereocenters. The molecule has 1 fully saturated rings. The van der Waals surface area contributed by atoms with Crippen LogP contribution in [0.1, 0.15) is 16.8 Å². The molecular formula is C12H12BrClN2O3. The Bertz CT molecular complexity index is 552. The van der Waals surface area contributed by atoms with Gasteiger partial charge in [0.05, 0.1) is 10.6 Å². The van der Waals surface area contributed by atoms with Crippen LogP contribution in [0.2, 0.25) is 5.02 Å². The Hall–Kier alpha value is -1.11. The van der Waals surface area contributed by atoms with Gasteiger partial charge >= 0.3 is 5.97 Å². The highest BCUT2D eigenvalue weighted by molar-refractivity contribution is 9.10. The molecule has 0 radical (unpaired) electrons. The molecule has 3 N–H and O–H groups in total. The quantitative estimate of drug-likeness (QED) is 0.853. The minimum Gasteiger partial charge on any atom is -0.480 e. The summed E-state index contributed by atoms with van der Waals surface area (Å²) in [7, 11) is 0. The topological polar surface area (TPSA) is 83.6 Å². The smallest absolute Gasteiger partial charge is 0.325 e. The summed E-state index contributed by atoms with van der Waals surface area (Å²) in [5.41, 5.74) is 4.71. The Balaban J connectivity index is 2.23. The number of hydrogen-bond donors (Lipinski definition) is 2. The van der Waals surface area contributed by atoms with Crippen LogP contribution in [0.5, 0.6) is 0 Å². The molecule has 1 amide bonds. The first-order chi connectivity index (χ1) is 8.85. The van der Waals surface area contributed by atoms with Crippen LogP contribution in [-0.2, 0) is 4.79 Å². The normalized spacial score (nSPS) is 22.6. The fourth-order valence-electron chi connectivity index (χ4n) is 2.02. The standard InChI is InChI=1S/C12H12BrClN2O3/c13-8-3-1-2-7(9(8)14)10(17)16-5-4-12(15,6-16)11(18)19/h1-3H,4-6,15H2,(H,18,19). The van der Waals surface area contributed by atoms with Crippen molar-refractivity contribution < 1.29 is 14.7 Å². The van der Waals surface area contributed by atoms with Crippen LogP contribution < -0.4 is 5.73 Å². The summed E-state index contributed by atoms with van der Waals surface area (Å²) in [6.45, 7) is 0.300. The largest absolute Gasteiger partial charge is 0.480 e. The predicted molar refractivity (Wildman–Crippen MR) is 74.2 cm³/mol. The van der Waals surface area contributed by atoms with Crippen LogP contribution in [-0.4, -0.2) is 40.5 Å². The molecule has 1 heterocycles. The lowest BCUT2D eigenvalue weighted by Gasteiger charge is -2.20. The van der Waals surface area contributed by atoms with Crippen molar-refractivity contribution in [3.63, 3.8) is 0 Å². The monoisotopic (exact) mass is 346 g/mol. The maximum Gasteiger partial charge on any atom is 0.325 e. The summed E-state index contributed by atoms with van der Waals surface area (Å²) in [4.78, 5) is 24.8. The van der Waals surface area contributed by atoms with Gasteiger partial charge in [-0.05, 0) is 34.5 Å². The molecule has 0 bridgehead atoms. The molecule has 0 spiro atoms. The zero-order valence-corrected chi connectivity index (χ0v) is 12.2. The van der Waals surface area contributed by atoms with E-state index >= 15 is 0 Å². The maximum atomic E-state index is 12.3. The number of likely N-dealkylation sites (tertiary alicyclic amines) is 1. The van der Waals surface area contributed by atoms with Crippen LogP contribution in [0, 0.1) is 0 Å². The molecule has 1 aliphatic rings. The molecule has 1 unspecified atom stereocenters. The minimum atomic E-state index is -1.37. The lowest BCUT2D eigenvalue weighted by atomic mass is 10.0. The molecule has 1 aromatic carbocycles. The van der Waals surface area contributed by atoms with E-state index in [2.05, 4.69) is 15.9 Å². The number of halogens is 2. The number of carbonyl (C=O) groups is 2. The molecule has 102 valence electrons. The van der Waals surface area contributed by atoms with E-state index in [1.54, 1.807) is 18.2 Å². The first-order valence-corrected chi connectivity index (χ1v) is 6.78. The van der Waals surface area contributed by atoms with Crippen LogP contribution in [0.15, 0.2) is 22.7 Å². The highest BCUT2D eigenvalue weighted by Crippen LogP contribution is 2.29. The molecule has 0 aromatic heterocycles. The number of hydrogen-bond acceptors (Lipinski definition) is 3. The molecule has 7 heteroatoms. The Kier molecular flexibility index (Phi) is 3.85. The van der Waals surface area contributed by atoms with Crippen molar-refractivity contribution in [1.82, 2.24) is 4.90 Å². The number of nitrogens with two attached hydrogens (primary N) is 1. The van der Waals surface area contributed by atoms with Crippen molar-refractivity contribution >= 4 is 39.4 Å². The highest BCUT2D eigenvalue weighted by atomic mass is 79.9. The lowest BCUT2D eigenvalue weighted by Crippen LogP contribution is -2.50. The Morgan fingerprint density at radius 1 is 1.47 bits per heavy atom. The van der Waals surface area contributed by atoms with Gasteiger partial charge in [-0.3, -0.25) is 9.59 Å². The lowest BCUT2D eigenvalue weighted by molar-refractivity contribution is -0.142. The molecular weight excluding hydrogens is 336 g/mol. The van der Waals surface area contributed by atoms with E-state index < -0.39 is 11.5 Å². The van der Waals surface area contributed by atoms with Gasteiger partial charge in [-0.1, -0.05) is 17.7 Å². The van der Waals surface area contributed by atoms with E-state index in [1.807, 2.05) is 0 Å². The highest BCUT2D eigenvalue weighted by Gasteiger charge is 2.43. The summed E-state index contributed by atoms with van der Waals surface area (Å²) >= 11 is 9.31. The van der Waals surface area contributed by atoms with E-state index in [-0.39, 0.29) is 18.9 Å². The van der Waals surface area contributed by atoms with Gasteiger partial charge in [-0.15, -0.1) is 0 Å². The van der Waals surface area contributed by atoms with E-state index in [4.69, 9.17) is 22.4 Å². The summed E-state index contributed by atoms with van der Waals surface area (Å²) < 4.78 is 0.622. The number of nitrogens with zero attached hydrogens (tertiary/aromatic N) is 1. The minimum absolute atomic E-state index is 0.00991. The second-order valence-corrected chi connectivity index (χ2v) is 5.77. The molecule has 1 aliphatic heterocycles. The maximum absolute atomic E-state index is 12.3. The Morgan fingerprint density at radius 2 is 2.16 bits per heavy atom. The van der Waals surface area contributed by atoms with Gasteiger partial charge in [0.15, 0.2) is 0 Å². The molecule has 19 heavy (non-hydrogen) atoms. The number of benzene rings is 1. The Labute approximate surface area is 123 Å². The summed E-state index contributed by atoms with van der Waals surface area (Å²) in [6, 6.07) is 5.03. The first-order valence-electron chi connectivity index (χ1n) is 5.61. The van der Waals surface area contributed by atoms with E-state index in [1.165, 1.54) is 4.90 Å². The average molecular weight is 348 g/mol. The van der Waals surface area contributed by atoms with Crippen molar-refractivity contribution in [3.8, 4) is 0 Å². The van der Waals surface area contributed by atoms with Crippen LogP contribution in [0.3, 0.4) is 0 Å². The predicted octanol–water partition coefficient (Wildman–Crippen LogP) is 1.73. The summed E-state index contributed by atoms with van der Waals surface area (Å²) in [5, 5.41) is 9.36. The second kappa shape index (κ2) is 5.11. The number of rotatable bonds is 2. The molecule has 0 aliphatic carbocycles. The van der Waals surface area contributed by atoms with Crippen LogP contribution in [0.25, 0.3) is 0 Å². The van der Waals surface area contributed by atoms with Gasteiger partial charge in [0.1, 0.15) is 5.54 Å². The summed E-state index contributed by atoms with van der Waals surface area (Å²) in [6.07, 6.45) is 0.236. The third kappa shape index (κ3) is 2.61. The van der Waals surface area contributed by atoms with Crippen LogP contribution in [0.4, 0.5) is 0 Å². The van der Waals surface area contributed by atoms with Crippen molar-refractivity contribution in [2.24, 2.45) is 5.73 Å². The fraction of sp³-hybridized carbons (Fsp3) is 0.333. The van der Waals surface area contributed by atoms with Crippen molar-refractivity contribution in [1.29, 1.82) is 0 Å².